The summed E-state index contributed by atoms with van der Waals surface area (Å²) in [5.41, 5.74) is 2.86. The topological polar surface area (TPSA) is 51.5 Å². The van der Waals surface area contributed by atoms with Gasteiger partial charge < -0.3 is 4.74 Å². The first-order valence-corrected chi connectivity index (χ1v) is 9.23. The number of pyridine rings is 1. The van der Waals surface area contributed by atoms with Crippen LogP contribution < -0.4 is 4.74 Å². The molecule has 0 saturated heterocycles. The summed E-state index contributed by atoms with van der Waals surface area (Å²) >= 11 is 0. The van der Waals surface area contributed by atoms with Gasteiger partial charge in [-0.1, -0.05) is 54.4 Å². The first-order valence-electron chi connectivity index (χ1n) is 9.23. The molecule has 1 aromatic heterocycles. The quantitative estimate of drug-likeness (QED) is 0.529. The summed E-state index contributed by atoms with van der Waals surface area (Å²) in [5, 5.41) is 4.52. The van der Waals surface area contributed by atoms with Gasteiger partial charge in [0.15, 0.2) is 0 Å². The fourth-order valence-electron chi connectivity index (χ4n) is 3.80. The first kappa shape index (κ1) is 16.7. The van der Waals surface area contributed by atoms with E-state index in [-0.39, 0.29) is 6.04 Å². The third kappa shape index (κ3) is 3.59. The van der Waals surface area contributed by atoms with Crippen molar-refractivity contribution < 1.29 is 4.74 Å². The van der Waals surface area contributed by atoms with E-state index in [4.69, 9.17) is 4.74 Å². The highest BCUT2D eigenvalue weighted by Gasteiger charge is 2.27. The normalized spacial score (nSPS) is 15.8. The van der Waals surface area contributed by atoms with E-state index >= 15 is 0 Å². The van der Waals surface area contributed by atoms with Gasteiger partial charge in [0.05, 0.1) is 11.2 Å². The Balaban J connectivity index is 1.42. The third-order valence-corrected chi connectivity index (χ3v) is 5.22. The minimum Gasteiger partial charge on any atom is -0.487 e. The molecule has 3 aromatic rings. The fraction of sp³-hybridized carbons (Fsp3) is 0.318. The Morgan fingerprint density at radius 1 is 1.00 bits per heavy atom. The number of nitroso groups, excluding NO2 is 1. The maximum atomic E-state index is 11.3. The first-order chi connectivity index (χ1) is 12.8. The molecule has 0 spiro atoms. The number of benzene rings is 2. The van der Waals surface area contributed by atoms with Gasteiger partial charge in [0, 0.05) is 5.39 Å². The molecule has 2 aromatic carbocycles. The Morgan fingerprint density at radius 3 is 2.54 bits per heavy atom. The zero-order chi connectivity index (χ0) is 17.8. The maximum Gasteiger partial charge on any atom is 0.130 e. The molecule has 4 heteroatoms. The molecule has 1 aliphatic carbocycles. The van der Waals surface area contributed by atoms with Crippen molar-refractivity contribution in [2.45, 2.75) is 38.3 Å². The van der Waals surface area contributed by atoms with Crippen LogP contribution in [0.5, 0.6) is 5.75 Å². The molecular weight excluding hydrogens is 324 g/mol. The second kappa shape index (κ2) is 7.65. The largest absolute Gasteiger partial charge is 0.487 e. The van der Waals surface area contributed by atoms with Gasteiger partial charge in [-0.2, -0.15) is 4.91 Å². The summed E-state index contributed by atoms with van der Waals surface area (Å²) in [5.74, 6) is 1.17. The van der Waals surface area contributed by atoms with Crippen molar-refractivity contribution in [2.24, 2.45) is 11.1 Å². The van der Waals surface area contributed by atoms with E-state index in [9.17, 15) is 4.91 Å². The molecule has 1 saturated carbocycles. The molecule has 0 bridgehead atoms. The molecule has 0 N–H and O–H groups in total. The van der Waals surface area contributed by atoms with Gasteiger partial charge in [-0.25, -0.2) is 4.98 Å². The number of fused-ring (bicyclic) bond motifs is 1. The summed E-state index contributed by atoms with van der Waals surface area (Å²) in [6.45, 7) is 0.419. The summed E-state index contributed by atoms with van der Waals surface area (Å²) in [7, 11) is 0. The number of aromatic nitrogens is 1. The summed E-state index contributed by atoms with van der Waals surface area (Å²) in [4.78, 5) is 15.9. The molecule has 1 atom stereocenters. The van der Waals surface area contributed by atoms with E-state index < -0.39 is 0 Å². The average Bonchev–Trinajstić information content (AvgIpc) is 3.22. The van der Waals surface area contributed by atoms with Crippen LogP contribution >= 0.6 is 0 Å². The molecule has 26 heavy (non-hydrogen) atoms. The number of hydrogen-bond acceptors (Lipinski definition) is 4. The second-order valence-electron chi connectivity index (χ2n) is 6.95. The molecule has 1 unspecified atom stereocenters. The smallest absolute Gasteiger partial charge is 0.130 e. The molecule has 4 rings (SSSR count). The molecule has 1 heterocycles. The standard InChI is InChI=1S/C22H22N2O2/c25-24-22(17-6-1-2-7-17)18-10-13-20(14-11-18)26-15-19-12-9-16-5-3-4-8-21(16)23-19/h3-5,8-14,17,22H,1-2,6-7,15H2. The Hall–Kier alpha value is -2.75. The van der Waals surface area contributed by atoms with Crippen LogP contribution in [0.15, 0.2) is 65.8 Å². The Morgan fingerprint density at radius 2 is 1.77 bits per heavy atom. The van der Waals surface area contributed by atoms with Crippen LogP contribution in [-0.4, -0.2) is 4.98 Å². The average molecular weight is 346 g/mol. The summed E-state index contributed by atoms with van der Waals surface area (Å²) in [6.07, 6.45) is 4.61. The lowest BCUT2D eigenvalue weighted by molar-refractivity contribution is 0.301. The molecule has 132 valence electrons. The highest BCUT2D eigenvalue weighted by atomic mass is 16.5. The number of nitrogens with zero attached hydrogens (tertiary/aromatic N) is 2. The number of rotatable bonds is 6. The maximum absolute atomic E-state index is 11.3. The number of para-hydroxylation sites is 1. The van der Waals surface area contributed by atoms with E-state index in [1.165, 1.54) is 12.8 Å². The third-order valence-electron chi connectivity index (χ3n) is 5.22. The number of hydrogen-bond donors (Lipinski definition) is 0. The van der Waals surface area contributed by atoms with Crippen molar-refractivity contribution in [2.75, 3.05) is 0 Å². The molecule has 0 radical (unpaired) electrons. The van der Waals surface area contributed by atoms with Crippen LogP contribution in [0.1, 0.15) is 43.0 Å². The van der Waals surface area contributed by atoms with Gasteiger partial charge in [0.25, 0.3) is 0 Å². The van der Waals surface area contributed by atoms with Crippen LogP contribution in [0.4, 0.5) is 0 Å². The van der Waals surface area contributed by atoms with Crippen LogP contribution in [0, 0.1) is 10.8 Å². The highest BCUT2D eigenvalue weighted by molar-refractivity contribution is 5.78. The van der Waals surface area contributed by atoms with Crippen molar-refractivity contribution >= 4 is 10.9 Å². The lowest BCUT2D eigenvalue weighted by Gasteiger charge is -2.16. The summed E-state index contributed by atoms with van der Waals surface area (Å²) in [6, 6.07) is 19.6. The SMILES string of the molecule is O=NC(c1ccc(OCc2ccc3ccccc3n2)cc1)C1CCCC1. The molecule has 1 aliphatic rings. The minimum absolute atomic E-state index is 0.228. The van der Waals surface area contributed by atoms with Gasteiger partial charge in [0.1, 0.15) is 18.4 Å². The van der Waals surface area contributed by atoms with Gasteiger partial charge in [0.2, 0.25) is 0 Å². The minimum atomic E-state index is -0.228. The van der Waals surface area contributed by atoms with Crippen LogP contribution in [0.3, 0.4) is 0 Å². The lowest BCUT2D eigenvalue weighted by atomic mass is 9.92. The molecule has 0 aliphatic heterocycles. The Bertz CT molecular complexity index is 886. The van der Waals surface area contributed by atoms with Gasteiger partial charge in [-0.05, 0) is 48.6 Å². The monoisotopic (exact) mass is 346 g/mol. The Kier molecular flexibility index (Phi) is 4.91. The number of ether oxygens (including phenoxy) is 1. The van der Waals surface area contributed by atoms with Crippen LogP contribution in [0.25, 0.3) is 10.9 Å². The molecular formula is C22H22N2O2. The summed E-state index contributed by atoms with van der Waals surface area (Å²) < 4.78 is 5.86. The van der Waals surface area contributed by atoms with Gasteiger partial charge >= 0.3 is 0 Å². The zero-order valence-corrected chi connectivity index (χ0v) is 14.7. The molecule has 0 amide bonds. The second-order valence-corrected chi connectivity index (χ2v) is 6.95. The van der Waals surface area contributed by atoms with Crippen molar-refractivity contribution in [3.63, 3.8) is 0 Å². The lowest BCUT2D eigenvalue weighted by Crippen LogP contribution is -2.07. The van der Waals surface area contributed by atoms with E-state index in [0.717, 1.165) is 40.8 Å². The van der Waals surface area contributed by atoms with Crippen LogP contribution in [0.2, 0.25) is 0 Å². The van der Waals surface area contributed by atoms with Gasteiger partial charge in [-0.3, -0.25) is 0 Å². The predicted octanol–water partition coefficient (Wildman–Crippen LogP) is 5.81. The van der Waals surface area contributed by atoms with Crippen molar-refractivity contribution in [1.82, 2.24) is 4.98 Å². The van der Waals surface area contributed by atoms with E-state index in [1.807, 2.05) is 54.6 Å². The van der Waals surface area contributed by atoms with E-state index in [1.54, 1.807) is 0 Å². The molecule has 1 fully saturated rings. The zero-order valence-electron chi connectivity index (χ0n) is 14.7. The fourth-order valence-corrected chi connectivity index (χ4v) is 3.80. The Labute approximate surface area is 153 Å². The van der Waals surface area contributed by atoms with Crippen molar-refractivity contribution in [3.05, 3.63) is 76.8 Å². The van der Waals surface area contributed by atoms with Crippen molar-refractivity contribution in [1.29, 1.82) is 0 Å². The predicted molar refractivity (Wildman–Crippen MR) is 103 cm³/mol. The highest BCUT2D eigenvalue weighted by Crippen LogP contribution is 2.38. The van der Waals surface area contributed by atoms with E-state index in [2.05, 4.69) is 16.2 Å². The van der Waals surface area contributed by atoms with Crippen molar-refractivity contribution in [3.8, 4) is 5.75 Å². The van der Waals surface area contributed by atoms with Gasteiger partial charge in [-0.15, -0.1) is 0 Å². The van der Waals surface area contributed by atoms with E-state index in [0.29, 0.717) is 12.5 Å². The van der Waals surface area contributed by atoms with Crippen LogP contribution in [-0.2, 0) is 6.61 Å². The molecule has 4 nitrogen and oxygen atoms in total.